The first-order valence-corrected chi connectivity index (χ1v) is 6.97. The summed E-state index contributed by atoms with van der Waals surface area (Å²) < 4.78 is 7.85. The minimum atomic E-state index is -0.0841. The van der Waals surface area contributed by atoms with Crippen molar-refractivity contribution in [3.8, 4) is 11.6 Å². The van der Waals surface area contributed by atoms with E-state index in [1.54, 1.807) is 6.26 Å². The Kier molecular flexibility index (Phi) is 2.97. The fraction of sp³-hybridized carbons (Fsp3) is 0.533. The van der Waals surface area contributed by atoms with Crippen LogP contribution in [0.15, 0.2) is 22.8 Å². The van der Waals surface area contributed by atoms with Gasteiger partial charge >= 0.3 is 0 Å². The van der Waals surface area contributed by atoms with Crippen LogP contribution in [0.25, 0.3) is 11.6 Å². The molecule has 4 nitrogen and oxygen atoms in total. The molecule has 0 bridgehead atoms. The Labute approximate surface area is 113 Å². The van der Waals surface area contributed by atoms with Gasteiger partial charge in [0.05, 0.1) is 12.0 Å². The molecule has 4 heteroatoms. The summed E-state index contributed by atoms with van der Waals surface area (Å²) in [6.07, 6.45) is 5.23. The van der Waals surface area contributed by atoms with Crippen molar-refractivity contribution in [2.24, 2.45) is 5.73 Å². The molecule has 1 aliphatic heterocycles. The molecule has 0 saturated heterocycles. The number of imidazole rings is 1. The molecule has 0 spiro atoms. The minimum Gasteiger partial charge on any atom is -0.461 e. The van der Waals surface area contributed by atoms with Crippen LogP contribution in [0.5, 0.6) is 0 Å². The Morgan fingerprint density at radius 3 is 2.95 bits per heavy atom. The van der Waals surface area contributed by atoms with E-state index in [0.717, 1.165) is 30.2 Å². The Hall–Kier alpha value is -1.55. The van der Waals surface area contributed by atoms with Gasteiger partial charge < -0.3 is 14.7 Å². The molecule has 0 unspecified atom stereocenters. The van der Waals surface area contributed by atoms with Crippen molar-refractivity contribution in [1.29, 1.82) is 0 Å². The van der Waals surface area contributed by atoms with E-state index in [-0.39, 0.29) is 5.41 Å². The second kappa shape index (κ2) is 4.53. The van der Waals surface area contributed by atoms with Crippen molar-refractivity contribution >= 4 is 0 Å². The van der Waals surface area contributed by atoms with Crippen molar-refractivity contribution in [3.63, 3.8) is 0 Å². The summed E-state index contributed by atoms with van der Waals surface area (Å²) in [5.41, 5.74) is 8.32. The van der Waals surface area contributed by atoms with Gasteiger partial charge in [-0.1, -0.05) is 13.8 Å². The van der Waals surface area contributed by atoms with Crippen molar-refractivity contribution in [3.05, 3.63) is 29.8 Å². The lowest BCUT2D eigenvalue weighted by atomic mass is 9.86. The topological polar surface area (TPSA) is 57.0 Å². The maximum absolute atomic E-state index is 5.93. The molecule has 0 aromatic carbocycles. The summed E-state index contributed by atoms with van der Waals surface area (Å²) in [4.78, 5) is 4.87. The SMILES string of the molecule is CC(C)(CN)c1nc(-c2ccco2)n2c1CCCC2. The molecule has 0 fully saturated rings. The molecule has 0 amide bonds. The van der Waals surface area contributed by atoms with E-state index < -0.39 is 0 Å². The van der Waals surface area contributed by atoms with E-state index in [9.17, 15) is 0 Å². The number of rotatable bonds is 3. The fourth-order valence-electron chi connectivity index (χ4n) is 2.78. The van der Waals surface area contributed by atoms with Crippen LogP contribution in [0.4, 0.5) is 0 Å². The molecule has 102 valence electrons. The van der Waals surface area contributed by atoms with E-state index in [1.807, 2.05) is 12.1 Å². The Morgan fingerprint density at radius 1 is 1.42 bits per heavy atom. The van der Waals surface area contributed by atoms with Crippen LogP contribution >= 0.6 is 0 Å². The van der Waals surface area contributed by atoms with Crippen LogP contribution in [-0.4, -0.2) is 16.1 Å². The maximum Gasteiger partial charge on any atom is 0.176 e. The van der Waals surface area contributed by atoms with Crippen LogP contribution in [-0.2, 0) is 18.4 Å². The number of hydrogen-bond acceptors (Lipinski definition) is 3. The van der Waals surface area contributed by atoms with E-state index in [4.69, 9.17) is 15.1 Å². The Morgan fingerprint density at radius 2 is 2.26 bits per heavy atom. The standard InChI is InChI=1S/C15H21N3O/c1-15(2,10-16)13-11-6-3-4-8-18(11)14(17-13)12-7-5-9-19-12/h5,7,9H,3-4,6,8,10,16H2,1-2H3. The predicted octanol–water partition coefficient (Wildman–Crippen LogP) is 2.72. The van der Waals surface area contributed by atoms with E-state index >= 15 is 0 Å². The largest absolute Gasteiger partial charge is 0.461 e. The molecule has 0 aliphatic carbocycles. The summed E-state index contributed by atoms with van der Waals surface area (Å²) in [5.74, 6) is 1.80. The van der Waals surface area contributed by atoms with Crippen molar-refractivity contribution in [2.75, 3.05) is 6.54 Å². The summed E-state index contributed by atoms with van der Waals surface area (Å²) in [6.45, 7) is 5.96. The van der Waals surface area contributed by atoms with Gasteiger partial charge in [-0.05, 0) is 31.4 Å². The quantitative estimate of drug-likeness (QED) is 0.922. The van der Waals surface area contributed by atoms with Gasteiger partial charge in [0.1, 0.15) is 0 Å². The van der Waals surface area contributed by atoms with Gasteiger partial charge in [0, 0.05) is 24.2 Å². The molecule has 0 radical (unpaired) electrons. The van der Waals surface area contributed by atoms with Gasteiger partial charge in [0.15, 0.2) is 11.6 Å². The van der Waals surface area contributed by atoms with Gasteiger partial charge in [0.25, 0.3) is 0 Å². The van der Waals surface area contributed by atoms with Crippen LogP contribution in [0.3, 0.4) is 0 Å². The Balaban J connectivity index is 2.17. The molecular formula is C15H21N3O. The summed E-state index contributed by atoms with van der Waals surface area (Å²) in [7, 11) is 0. The zero-order chi connectivity index (χ0) is 13.5. The number of hydrogen-bond donors (Lipinski definition) is 1. The molecule has 0 saturated carbocycles. The minimum absolute atomic E-state index is 0.0841. The highest BCUT2D eigenvalue weighted by Crippen LogP contribution is 2.33. The fourth-order valence-corrected chi connectivity index (χ4v) is 2.78. The summed E-state index contributed by atoms with van der Waals surface area (Å²) in [5, 5.41) is 0. The molecule has 2 aromatic rings. The summed E-state index contributed by atoms with van der Waals surface area (Å²) >= 11 is 0. The van der Waals surface area contributed by atoms with Crippen molar-refractivity contribution < 1.29 is 4.42 Å². The number of fused-ring (bicyclic) bond motifs is 1. The highest BCUT2D eigenvalue weighted by atomic mass is 16.3. The molecule has 0 atom stereocenters. The van der Waals surface area contributed by atoms with E-state index in [1.165, 1.54) is 18.5 Å². The van der Waals surface area contributed by atoms with Gasteiger partial charge in [-0.2, -0.15) is 0 Å². The van der Waals surface area contributed by atoms with Crippen LogP contribution in [0, 0.1) is 0 Å². The third-order valence-corrected chi connectivity index (χ3v) is 4.01. The average molecular weight is 259 g/mol. The number of aromatic nitrogens is 2. The number of furan rings is 1. The normalized spacial score (nSPS) is 15.5. The number of nitrogens with zero attached hydrogens (tertiary/aromatic N) is 2. The molecular weight excluding hydrogens is 238 g/mol. The smallest absolute Gasteiger partial charge is 0.176 e. The first-order chi connectivity index (χ1) is 9.13. The molecule has 3 heterocycles. The van der Waals surface area contributed by atoms with Crippen LogP contribution < -0.4 is 5.73 Å². The number of nitrogens with two attached hydrogens (primary N) is 1. The monoisotopic (exact) mass is 259 g/mol. The first kappa shape index (κ1) is 12.5. The molecule has 1 aliphatic rings. The molecule has 2 N–H and O–H groups in total. The second-order valence-electron chi connectivity index (χ2n) is 5.90. The van der Waals surface area contributed by atoms with E-state index in [2.05, 4.69) is 18.4 Å². The first-order valence-electron chi connectivity index (χ1n) is 6.97. The van der Waals surface area contributed by atoms with Gasteiger partial charge in [-0.15, -0.1) is 0 Å². The zero-order valence-electron chi connectivity index (χ0n) is 11.6. The molecule has 19 heavy (non-hydrogen) atoms. The van der Waals surface area contributed by atoms with Gasteiger partial charge in [0.2, 0.25) is 0 Å². The van der Waals surface area contributed by atoms with Crippen LogP contribution in [0.2, 0.25) is 0 Å². The van der Waals surface area contributed by atoms with E-state index in [0.29, 0.717) is 6.54 Å². The lowest BCUT2D eigenvalue weighted by Crippen LogP contribution is -2.30. The molecule has 3 rings (SSSR count). The van der Waals surface area contributed by atoms with Gasteiger partial charge in [-0.3, -0.25) is 0 Å². The van der Waals surface area contributed by atoms with Crippen molar-refractivity contribution in [2.45, 2.75) is 45.1 Å². The third-order valence-electron chi connectivity index (χ3n) is 4.01. The zero-order valence-corrected chi connectivity index (χ0v) is 11.6. The van der Waals surface area contributed by atoms with Crippen LogP contribution in [0.1, 0.15) is 38.1 Å². The lowest BCUT2D eigenvalue weighted by Gasteiger charge is -2.24. The van der Waals surface area contributed by atoms with Gasteiger partial charge in [-0.25, -0.2) is 4.98 Å². The Bertz CT molecular complexity index is 566. The highest BCUT2D eigenvalue weighted by Gasteiger charge is 2.30. The average Bonchev–Trinajstić information content (AvgIpc) is 3.05. The second-order valence-corrected chi connectivity index (χ2v) is 5.90. The van der Waals surface area contributed by atoms with Crippen molar-refractivity contribution in [1.82, 2.24) is 9.55 Å². The highest BCUT2D eigenvalue weighted by molar-refractivity contribution is 5.51. The lowest BCUT2D eigenvalue weighted by molar-refractivity contribution is 0.488. The maximum atomic E-state index is 5.93. The third kappa shape index (κ3) is 2.00. The summed E-state index contributed by atoms with van der Waals surface area (Å²) in [6, 6.07) is 3.89. The predicted molar refractivity (Wildman–Crippen MR) is 74.9 cm³/mol. The molecule has 2 aromatic heterocycles.